The second kappa shape index (κ2) is 4.98. The number of hydrogen-bond acceptors (Lipinski definition) is 2. The Balaban J connectivity index is 1.93. The van der Waals surface area contributed by atoms with Crippen LogP contribution in [0.2, 0.25) is 0 Å². The van der Waals surface area contributed by atoms with Crippen LogP contribution in [-0.2, 0) is 0 Å². The van der Waals surface area contributed by atoms with E-state index in [9.17, 15) is 0 Å². The normalized spacial score (nSPS) is 12.4. The Kier molecular flexibility index (Phi) is 2.86. The van der Waals surface area contributed by atoms with Crippen molar-refractivity contribution in [3.8, 4) is 33.8 Å². The standard InChI is InChI=1S/C19H13O2/c1-2-7-14(8-3-1)15-9-4-5-10-16(15)17-11-6-12-18-19(17)21-13-20-18/h1-11H,13H2. The maximum atomic E-state index is 5.62. The van der Waals surface area contributed by atoms with Crippen molar-refractivity contribution in [2.75, 3.05) is 6.79 Å². The molecule has 3 aromatic rings. The van der Waals surface area contributed by atoms with Crippen LogP contribution < -0.4 is 9.47 Å². The summed E-state index contributed by atoms with van der Waals surface area (Å²) in [4.78, 5) is 0. The van der Waals surface area contributed by atoms with Gasteiger partial charge in [-0.3, -0.25) is 0 Å². The Hall–Kier alpha value is -2.74. The van der Waals surface area contributed by atoms with Crippen LogP contribution in [0, 0.1) is 6.07 Å². The van der Waals surface area contributed by atoms with Crippen molar-refractivity contribution >= 4 is 0 Å². The Bertz CT molecular complexity index is 779. The molecule has 101 valence electrons. The lowest BCUT2D eigenvalue weighted by Crippen LogP contribution is -1.94. The smallest absolute Gasteiger partial charge is 0.231 e. The van der Waals surface area contributed by atoms with E-state index < -0.39 is 0 Å². The van der Waals surface area contributed by atoms with Crippen LogP contribution in [0.15, 0.2) is 66.7 Å². The lowest BCUT2D eigenvalue weighted by Gasteiger charge is -2.12. The van der Waals surface area contributed by atoms with Crippen LogP contribution in [-0.4, -0.2) is 6.79 Å². The molecule has 1 radical (unpaired) electrons. The highest BCUT2D eigenvalue weighted by Crippen LogP contribution is 2.43. The van der Waals surface area contributed by atoms with E-state index in [1.54, 1.807) is 0 Å². The molecule has 0 spiro atoms. The second-order valence-corrected chi connectivity index (χ2v) is 4.87. The molecule has 1 heterocycles. The largest absolute Gasteiger partial charge is 0.453 e. The molecule has 2 heteroatoms. The molecule has 21 heavy (non-hydrogen) atoms. The molecular weight excluding hydrogens is 260 g/mol. The minimum absolute atomic E-state index is 0.260. The molecule has 0 fully saturated rings. The summed E-state index contributed by atoms with van der Waals surface area (Å²) < 4.78 is 11.0. The zero-order valence-electron chi connectivity index (χ0n) is 11.4. The maximum Gasteiger partial charge on any atom is 0.231 e. The highest BCUT2D eigenvalue weighted by atomic mass is 16.7. The van der Waals surface area contributed by atoms with Gasteiger partial charge in [0.05, 0.1) is 0 Å². The third-order valence-corrected chi connectivity index (χ3v) is 3.62. The van der Waals surface area contributed by atoms with Gasteiger partial charge in [-0.2, -0.15) is 0 Å². The summed E-state index contributed by atoms with van der Waals surface area (Å²) in [7, 11) is 0. The van der Waals surface area contributed by atoms with E-state index in [1.807, 2.05) is 24.3 Å². The average molecular weight is 273 g/mol. The molecule has 0 aliphatic carbocycles. The molecule has 2 nitrogen and oxygen atoms in total. The van der Waals surface area contributed by atoms with Gasteiger partial charge >= 0.3 is 0 Å². The fraction of sp³-hybridized carbons (Fsp3) is 0.0526. The molecule has 0 amide bonds. The monoisotopic (exact) mass is 273 g/mol. The third kappa shape index (κ3) is 2.05. The molecule has 0 aromatic heterocycles. The van der Waals surface area contributed by atoms with Crippen LogP contribution in [0.4, 0.5) is 0 Å². The third-order valence-electron chi connectivity index (χ3n) is 3.62. The molecule has 0 unspecified atom stereocenters. The van der Waals surface area contributed by atoms with Gasteiger partial charge in [0.15, 0.2) is 11.5 Å². The summed E-state index contributed by atoms with van der Waals surface area (Å²) in [6.07, 6.45) is 0. The molecule has 3 aromatic carbocycles. The van der Waals surface area contributed by atoms with Gasteiger partial charge in [-0.25, -0.2) is 0 Å². The van der Waals surface area contributed by atoms with E-state index in [0.717, 1.165) is 16.9 Å². The number of benzene rings is 3. The Morgan fingerprint density at radius 2 is 1.48 bits per heavy atom. The number of rotatable bonds is 2. The predicted octanol–water partition coefficient (Wildman–Crippen LogP) is 4.55. The number of ether oxygens (including phenoxy) is 2. The van der Waals surface area contributed by atoms with Gasteiger partial charge in [-0.05, 0) is 28.8 Å². The van der Waals surface area contributed by atoms with Crippen molar-refractivity contribution in [3.05, 3.63) is 72.8 Å². The molecule has 0 saturated carbocycles. The molecule has 0 bridgehead atoms. The van der Waals surface area contributed by atoms with Crippen LogP contribution in [0.25, 0.3) is 22.3 Å². The van der Waals surface area contributed by atoms with Crippen LogP contribution in [0.1, 0.15) is 0 Å². The van der Waals surface area contributed by atoms with Crippen LogP contribution in [0.3, 0.4) is 0 Å². The topological polar surface area (TPSA) is 18.5 Å². The highest BCUT2D eigenvalue weighted by molar-refractivity contribution is 5.87. The second-order valence-electron chi connectivity index (χ2n) is 4.87. The first-order chi connectivity index (χ1) is 10.4. The molecular formula is C19H13O2. The Morgan fingerprint density at radius 1 is 0.714 bits per heavy atom. The summed E-state index contributed by atoms with van der Waals surface area (Å²) in [5, 5.41) is 0. The van der Waals surface area contributed by atoms with Gasteiger partial charge in [-0.1, -0.05) is 54.6 Å². The predicted molar refractivity (Wildman–Crippen MR) is 82.3 cm³/mol. The maximum absolute atomic E-state index is 5.62. The fourth-order valence-corrected chi connectivity index (χ4v) is 2.66. The summed E-state index contributed by atoms with van der Waals surface area (Å²) in [6, 6.07) is 25.7. The van der Waals surface area contributed by atoms with Gasteiger partial charge < -0.3 is 9.47 Å². The molecule has 0 N–H and O–H groups in total. The van der Waals surface area contributed by atoms with Crippen molar-refractivity contribution in [2.45, 2.75) is 0 Å². The zero-order chi connectivity index (χ0) is 14.1. The molecule has 4 rings (SSSR count). The quantitative estimate of drug-likeness (QED) is 0.682. The van der Waals surface area contributed by atoms with E-state index in [0.29, 0.717) is 5.75 Å². The van der Waals surface area contributed by atoms with Crippen molar-refractivity contribution in [3.63, 3.8) is 0 Å². The minimum Gasteiger partial charge on any atom is -0.453 e. The number of hydrogen-bond donors (Lipinski definition) is 0. The Morgan fingerprint density at radius 3 is 2.33 bits per heavy atom. The van der Waals surface area contributed by atoms with Crippen LogP contribution in [0.5, 0.6) is 11.5 Å². The summed E-state index contributed by atoms with van der Waals surface area (Å²) in [6.45, 7) is 0.260. The average Bonchev–Trinajstić information content (AvgIpc) is 3.04. The van der Waals surface area contributed by atoms with E-state index in [2.05, 4.69) is 48.5 Å². The van der Waals surface area contributed by atoms with Gasteiger partial charge in [0.1, 0.15) is 0 Å². The summed E-state index contributed by atoms with van der Waals surface area (Å²) in [5.74, 6) is 1.47. The van der Waals surface area contributed by atoms with Crippen molar-refractivity contribution in [2.24, 2.45) is 0 Å². The molecule has 1 aliphatic heterocycles. The van der Waals surface area contributed by atoms with E-state index in [-0.39, 0.29) is 6.79 Å². The van der Waals surface area contributed by atoms with Gasteiger partial charge in [0, 0.05) is 11.6 Å². The lowest BCUT2D eigenvalue weighted by atomic mass is 9.94. The molecule has 1 aliphatic rings. The first-order valence-electron chi connectivity index (χ1n) is 6.88. The van der Waals surface area contributed by atoms with Crippen LogP contribution >= 0.6 is 0 Å². The van der Waals surface area contributed by atoms with E-state index in [1.165, 1.54) is 11.1 Å². The molecule has 0 atom stereocenters. The Labute approximate surface area is 123 Å². The van der Waals surface area contributed by atoms with Gasteiger partial charge in [-0.15, -0.1) is 0 Å². The van der Waals surface area contributed by atoms with E-state index in [4.69, 9.17) is 9.47 Å². The first-order valence-corrected chi connectivity index (χ1v) is 6.88. The minimum atomic E-state index is 0.260. The van der Waals surface area contributed by atoms with Crippen molar-refractivity contribution in [1.29, 1.82) is 0 Å². The van der Waals surface area contributed by atoms with Gasteiger partial charge in [0.25, 0.3) is 0 Å². The number of fused-ring (bicyclic) bond motifs is 1. The zero-order valence-corrected chi connectivity index (χ0v) is 11.4. The summed E-state index contributed by atoms with van der Waals surface area (Å²) in [5.41, 5.74) is 4.55. The van der Waals surface area contributed by atoms with Crippen molar-refractivity contribution < 1.29 is 9.47 Å². The SMILES string of the molecule is [c]1ccc(-c2ccccc2-c2ccccc2)c2c1OCO2. The van der Waals surface area contributed by atoms with E-state index >= 15 is 0 Å². The highest BCUT2D eigenvalue weighted by Gasteiger charge is 2.20. The van der Waals surface area contributed by atoms with Gasteiger partial charge in [0.2, 0.25) is 6.79 Å². The lowest BCUT2D eigenvalue weighted by molar-refractivity contribution is 0.174. The van der Waals surface area contributed by atoms with Crippen molar-refractivity contribution in [1.82, 2.24) is 0 Å². The summed E-state index contributed by atoms with van der Waals surface area (Å²) >= 11 is 0. The first kappa shape index (κ1) is 12.0. The molecule has 0 saturated heterocycles. The fourth-order valence-electron chi connectivity index (χ4n) is 2.66.